The van der Waals surface area contributed by atoms with Gasteiger partial charge in [0.2, 0.25) is 5.88 Å². The van der Waals surface area contributed by atoms with Crippen molar-refractivity contribution in [2.45, 2.75) is 26.8 Å². The molecule has 4 nitrogen and oxygen atoms in total. The standard InChI is InChI=1S/C17H22N2O2/c1-5-18-13(3)14-7-9-17(19-11-14)21-15-8-6-12(2)10-16(15)20-4/h6-11,13,18H,5H2,1-4H3. The van der Waals surface area contributed by atoms with Gasteiger partial charge in [-0.3, -0.25) is 0 Å². The Morgan fingerprint density at radius 2 is 2.00 bits per heavy atom. The van der Waals surface area contributed by atoms with Crippen molar-refractivity contribution >= 4 is 0 Å². The minimum Gasteiger partial charge on any atom is -0.493 e. The van der Waals surface area contributed by atoms with Gasteiger partial charge in [0, 0.05) is 18.3 Å². The van der Waals surface area contributed by atoms with Gasteiger partial charge in [-0.05, 0) is 43.7 Å². The van der Waals surface area contributed by atoms with Crippen LogP contribution in [0.25, 0.3) is 0 Å². The summed E-state index contributed by atoms with van der Waals surface area (Å²) in [6.45, 7) is 7.15. The zero-order valence-corrected chi connectivity index (χ0v) is 13.0. The van der Waals surface area contributed by atoms with Gasteiger partial charge in [0.1, 0.15) is 0 Å². The van der Waals surface area contributed by atoms with Crippen molar-refractivity contribution in [1.82, 2.24) is 10.3 Å². The molecule has 1 atom stereocenters. The molecule has 1 aromatic heterocycles. The number of aromatic nitrogens is 1. The van der Waals surface area contributed by atoms with E-state index in [1.165, 1.54) is 0 Å². The van der Waals surface area contributed by atoms with Gasteiger partial charge in [0.15, 0.2) is 11.5 Å². The van der Waals surface area contributed by atoms with Crippen LogP contribution in [0.2, 0.25) is 0 Å². The van der Waals surface area contributed by atoms with E-state index in [2.05, 4.69) is 24.1 Å². The summed E-state index contributed by atoms with van der Waals surface area (Å²) in [5.74, 6) is 1.94. The smallest absolute Gasteiger partial charge is 0.219 e. The first-order valence-corrected chi connectivity index (χ1v) is 7.16. The molecule has 0 aliphatic heterocycles. The van der Waals surface area contributed by atoms with Crippen molar-refractivity contribution in [3.63, 3.8) is 0 Å². The second-order valence-corrected chi connectivity index (χ2v) is 4.97. The number of aryl methyl sites for hydroxylation is 1. The molecule has 0 aliphatic rings. The van der Waals surface area contributed by atoms with Crippen LogP contribution >= 0.6 is 0 Å². The molecule has 0 fully saturated rings. The van der Waals surface area contributed by atoms with E-state index in [4.69, 9.17) is 9.47 Å². The number of methoxy groups -OCH3 is 1. The van der Waals surface area contributed by atoms with Crippen molar-refractivity contribution in [1.29, 1.82) is 0 Å². The van der Waals surface area contributed by atoms with E-state index in [9.17, 15) is 0 Å². The third-order valence-corrected chi connectivity index (χ3v) is 3.30. The van der Waals surface area contributed by atoms with Crippen LogP contribution in [-0.2, 0) is 0 Å². The van der Waals surface area contributed by atoms with Gasteiger partial charge in [0.25, 0.3) is 0 Å². The molecule has 0 saturated carbocycles. The number of pyridine rings is 1. The number of nitrogens with one attached hydrogen (secondary N) is 1. The predicted octanol–water partition coefficient (Wildman–Crippen LogP) is 3.86. The maximum absolute atomic E-state index is 5.79. The number of rotatable bonds is 6. The van der Waals surface area contributed by atoms with E-state index in [0.29, 0.717) is 17.4 Å². The molecule has 0 saturated heterocycles. The molecule has 0 amide bonds. The van der Waals surface area contributed by atoms with Gasteiger partial charge in [-0.15, -0.1) is 0 Å². The number of benzene rings is 1. The van der Waals surface area contributed by atoms with Crippen LogP contribution in [0.15, 0.2) is 36.5 Å². The molecule has 0 spiro atoms. The summed E-state index contributed by atoms with van der Waals surface area (Å²) in [7, 11) is 1.64. The lowest BCUT2D eigenvalue weighted by Gasteiger charge is -2.13. The molecular formula is C17H22N2O2. The van der Waals surface area contributed by atoms with E-state index in [1.54, 1.807) is 7.11 Å². The quantitative estimate of drug-likeness (QED) is 0.875. The highest BCUT2D eigenvalue weighted by atomic mass is 16.5. The fourth-order valence-electron chi connectivity index (χ4n) is 2.10. The van der Waals surface area contributed by atoms with Gasteiger partial charge >= 0.3 is 0 Å². The number of hydrogen-bond acceptors (Lipinski definition) is 4. The highest BCUT2D eigenvalue weighted by Crippen LogP contribution is 2.31. The van der Waals surface area contributed by atoms with Crippen molar-refractivity contribution < 1.29 is 9.47 Å². The van der Waals surface area contributed by atoms with Gasteiger partial charge < -0.3 is 14.8 Å². The first-order chi connectivity index (χ1) is 10.1. The van der Waals surface area contributed by atoms with Crippen molar-refractivity contribution in [3.8, 4) is 17.4 Å². The average molecular weight is 286 g/mol. The Balaban J connectivity index is 2.13. The van der Waals surface area contributed by atoms with E-state index in [-0.39, 0.29) is 6.04 Å². The molecule has 0 aliphatic carbocycles. The zero-order valence-electron chi connectivity index (χ0n) is 13.0. The predicted molar refractivity (Wildman–Crippen MR) is 84.1 cm³/mol. The Labute approximate surface area is 126 Å². The van der Waals surface area contributed by atoms with Crippen LogP contribution in [0.1, 0.15) is 31.0 Å². The highest BCUT2D eigenvalue weighted by Gasteiger charge is 2.08. The van der Waals surface area contributed by atoms with Gasteiger partial charge in [0.05, 0.1) is 7.11 Å². The Hall–Kier alpha value is -2.07. The fraction of sp³-hybridized carbons (Fsp3) is 0.353. The Bertz CT molecular complexity index is 582. The minimum absolute atomic E-state index is 0.283. The maximum Gasteiger partial charge on any atom is 0.219 e. The molecule has 1 unspecified atom stereocenters. The third kappa shape index (κ3) is 3.95. The second-order valence-electron chi connectivity index (χ2n) is 4.97. The van der Waals surface area contributed by atoms with E-state index < -0.39 is 0 Å². The normalized spacial score (nSPS) is 12.0. The highest BCUT2D eigenvalue weighted by molar-refractivity contribution is 5.44. The van der Waals surface area contributed by atoms with Crippen molar-refractivity contribution in [3.05, 3.63) is 47.7 Å². The van der Waals surface area contributed by atoms with Crippen LogP contribution in [0.3, 0.4) is 0 Å². The van der Waals surface area contributed by atoms with Gasteiger partial charge in [-0.2, -0.15) is 0 Å². The summed E-state index contributed by atoms with van der Waals surface area (Å²) in [4.78, 5) is 4.36. The molecule has 2 aromatic rings. The van der Waals surface area contributed by atoms with Crippen LogP contribution in [0.4, 0.5) is 0 Å². The average Bonchev–Trinajstić information content (AvgIpc) is 2.50. The minimum atomic E-state index is 0.283. The van der Waals surface area contributed by atoms with E-state index in [0.717, 1.165) is 17.7 Å². The first-order valence-electron chi connectivity index (χ1n) is 7.16. The topological polar surface area (TPSA) is 43.4 Å². The molecule has 2 rings (SSSR count). The van der Waals surface area contributed by atoms with Crippen LogP contribution in [0.5, 0.6) is 17.4 Å². The van der Waals surface area contributed by atoms with Crippen LogP contribution < -0.4 is 14.8 Å². The molecule has 21 heavy (non-hydrogen) atoms. The monoisotopic (exact) mass is 286 g/mol. The van der Waals surface area contributed by atoms with Crippen LogP contribution in [-0.4, -0.2) is 18.6 Å². The first kappa shape index (κ1) is 15.3. The third-order valence-electron chi connectivity index (χ3n) is 3.30. The molecule has 4 heteroatoms. The number of hydrogen-bond donors (Lipinski definition) is 1. The molecule has 112 valence electrons. The summed E-state index contributed by atoms with van der Waals surface area (Å²) >= 11 is 0. The Kier molecular flexibility index (Phi) is 5.17. The largest absolute Gasteiger partial charge is 0.493 e. The summed E-state index contributed by atoms with van der Waals surface area (Å²) in [6.07, 6.45) is 1.84. The lowest BCUT2D eigenvalue weighted by atomic mass is 10.1. The lowest BCUT2D eigenvalue weighted by Crippen LogP contribution is -2.17. The lowest BCUT2D eigenvalue weighted by molar-refractivity contribution is 0.373. The summed E-state index contributed by atoms with van der Waals surface area (Å²) in [5, 5.41) is 3.35. The summed E-state index contributed by atoms with van der Waals surface area (Å²) in [6, 6.07) is 10.0. The second kappa shape index (κ2) is 7.09. The molecule has 1 aromatic carbocycles. The Morgan fingerprint density at radius 3 is 2.62 bits per heavy atom. The van der Waals surface area contributed by atoms with Gasteiger partial charge in [-0.25, -0.2) is 4.98 Å². The van der Waals surface area contributed by atoms with Crippen LogP contribution in [0, 0.1) is 6.92 Å². The summed E-state index contributed by atoms with van der Waals surface area (Å²) < 4.78 is 11.1. The maximum atomic E-state index is 5.79. The van der Waals surface area contributed by atoms with E-state index in [1.807, 2.05) is 43.5 Å². The van der Waals surface area contributed by atoms with Gasteiger partial charge in [-0.1, -0.05) is 19.1 Å². The fourth-order valence-corrected chi connectivity index (χ4v) is 2.10. The SMILES string of the molecule is CCNC(C)c1ccc(Oc2ccc(C)cc2OC)nc1. The Morgan fingerprint density at radius 1 is 1.19 bits per heavy atom. The molecule has 0 bridgehead atoms. The molecule has 0 radical (unpaired) electrons. The number of nitrogens with zero attached hydrogens (tertiary/aromatic N) is 1. The van der Waals surface area contributed by atoms with E-state index >= 15 is 0 Å². The zero-order chi connectivity index (χ0) is 15.2. The number of ether oxygens (including phenoxy) is 2. The van der Waals surface area contributed by atoms with Crippen molar-refractivity contribution in [2.24, 2.45) is 0 Å². The summed E-state index contributed by atoms with van der Waals surface area (Å²) in [5.41, 5.74) is 2.27. The molecular weight excluding hydrogens is 264 g/mol. The van der Waals surface area contributed by atoms with Crippen molar-refractivity contribution in [2.75, 3.05) is 13.7 Å². The molecule has 1 N–H and O–H groups in total. The molecule has 1 heterocycles.